The number of nitrogens with one attached hydrogen (secondary N) is 1. The second kappa shape index (κ2) is 10.7. The van der Waals surface area contributed by atoms with E-state index in [9.17, 15) is 14.0 Å². The molecular weight excluding hydrogens is 435 g/mol. The van der Waals surface area contributed by atoms with Crippen LogP contribution in [0.25, 0.3) is 5.69 Å². The average Bonchev–Trinajstić information content (AvgIpc) is 3.14. The molecule has 9 heteroatoms. The fraction of sp³-hybridized carbons (Fsp3) is 0.560. The first-order chi connectivity index (χ1) is 16.3. The lowest BCUT2D eigenvalue weighted by atomic mass is 9.92. The third-order valence-electron chi connectivity index (χ3n) is 6.58. The van der Waals surface area contributed by atoms with Crippen molar-refractivity contribution in [3.63, 3.8) is 0 Å². The van der Waals surface area contributed by atoms with E-state index in [4.69, 9.17) is 0 Å². The van der Waals surface area contributed by atoms with Crippen molar-refractivity contribution in [2.75, 3.05) is 57.7 Å². The number of carbonyl (C=O) groups excluding carboxylic acids is 2. The lowest BCUT2D eigenvalue weighted by molar-refractivity contribution is -0.135. The minimum Gasteiger partial charge on any atom is -0.341 e. The monoisotopic (exact) mass is 470 g/mol. The first-order valence-electron chi connectivity index (χ1n) is 12.1. The predicted octanol–water partition coefficient (Wildman–Crippen LogP) is 2.38. The number of likely N-dealkylation sites (tertiary alicyclic amines) is 1. The normalized spacial score (nSPS) is 22.1. The zero-order valence-electron chi connectivity index (χ0n) is 20.3. The van der Waals surface area contributed by atoms with Gasteiger partial charge in [0.2, 0.25) is 11.8 Å². The Morgan fingerprint density at radius 1 is 1.00 bits per heavy atom. The number of aromatic nitrogens is 2. The minimum absolute atomic E-state index is 0.121. The van der Waals surface area contributed by atoms with Gasteiger partial charge in [-0.05, 0) is 49.4 Å². The summed E-state index contributed by atoms with van der Waals surface area (Å²) in [5, 5.41) is 7.36. The quantitative estimate of drug-likeness (QED) is 0.702. The largest absolute Gasteiger partial charge is 0.341 e. The number of anilines is 1. The number of rotatable bonds is 6. The number of piperidine rings is 1. The van der Waals surface area contributed by atoms with Gasteiger partial charge in [0.05, 0.1) is 24.5 Å². The summed E-state index contributed by atoms with van der Waals surface area (Å²) in [6, 6.07) is 7.79. The van der Waals surface area contributed by atoms with E-state index in [1.807, 2.05) is 11.8 Å². The maximum absolute atomic E-state index is 13.3. The first kappa shape index (κ1) is 24.3. The SMILES string of the molecule is Cc1cc(NC(=O)CN2CCN(CC(=O)N3CC(C)CC(C)C3)CC2)n(-c2ccc(F)cc2)n1. The summed E-state index contributed by atoms with van der Waals surface area (Å²) >= 11 is 0. The Bertz CT molecular complexity index is 989. The van der Waals surface area contributed by atoms with Gasteiger partial charge in [-0.3, -0.25) is 19.4 Å². The molecule has 2 saturated heterocycles. The van der Waals surface area contributed by atoms with Crippen molar-refractivity contribution in [3.05, 3.63) is 41.8 Å². The van der Waals surface area contributed by atoms with Crippen LogP contribution in [0, 0.1) is 24.6 Å². The van der Waals surface area contributed by atoms with Crippen molar-refractivity contribution in [2.45, 2.75) is 27.2 Å². The molecule has 1 aromatic heterocycles. The van der Waals surface area contributed by atoms with E-state index in [0.717, 1.165) is 45.0 Å². The molecule has 0 saturated carbocycles. The van der Waals surface area contributed by atoms with Crippen LogP contribution in [0.5, 0.6) is 0 Å². The van der Waals surface area contributed by atoms with Crippen molar-refractivity contribution in [1.82, 2.24) is 24.5 Å². The minimum atomic E-state index is -0.320. The van der Waals surface area contributed by atoms with Gasteiger partial charge in [-0.2, -0.15) is 5.10 Å². The van der Waals surface area contributed by atoms with Gasteiger partial charge in [0, 0.05) is 45.3 Å². The molecule has 2 atom stereocenters. The van der Waals surface area contributed by atoms with Crippen LogP contribution in [0.1, 0.15) is 26.0 Å². The Kier molecular flexibility index (Phi) is 7.63. The zero-order valence-corrected chi connectivity index (χ0v) is 20.3. The molecule has 2 amide bonds. The van der Waals surface area contributed by atoms with Gasteiger partial charge < -0.3 is 10.2 Å². The number of nitrogens with zero attached hydrogens (tertiary/aromatic N) is 5. The molecule has 0 spiro atoms. The van der Waals surface area contributed by atoms with Crippen molar-refractivity contribution in [3.8, 4) is 5.69 Å². The van der Waals surface area contributed by atoms with Gasteiger partial charge in [-0.1, -0.05) is 13.8 Å². The maximum Gasteiger partial charge on any atom is 0.239 e. The molecule has 4 rings (SSSR count). The lowest BCUT2D eigenvalue weighted by Gasteiger charge is -2.38. The highest BCUT2D eigenvalue weighted by Gasteiger charge is 2.28. The third kappa shape index (κ3) is 6.21. The van der Waals surface area contributed by atoms with Crippen LogP contribution in [0.4, 0.5) is 10.2 Å². The van der Waals surface area contributed by atoms with Gasteiger partial charge in [-0.15, -0.1) is 0 Å². The first-order valence-corrected chi connectivity index (χ1v) is 12.1. The predicted molar refractivity (Wildman–Crippen MR) is 129 cm³/mol. The fourth-order valence-electron chi connectivity index (χ4n) is 5.02. The summed E-state index contributed by atoms with van der Waals surface area (Å²) in [6.07, 6.45) is 1.19. The van der Waals surface area contributed by atoms with Gasteiger partial charge in [0.1, 0.15) is 11.6 Å². The Labute approximate surface area is 200 Å². The lowest BCUT2D eigenvalue weighted by Crippen LogP contribution is -2.52. The van der Waals surface area contributed by atoms with E-state index in [0.29, 0.717) is 29.9 Å². The average molecular weight is 471 g/mol. The third-order valence-corrected chi connectivity index (χ3v) is 6.58. The molecule has 34 heavy (non-hydrogen) atoms. The van der Waals surface area contributed by atoms with E-state index >= 15 is 0 Å². The fourth-order valence-corrected chi connectivity index (χ4v) is 5.02. The zero-order chi connectivity index (χ0) is 24.2. The van der Waals surface area contributed by atoms with Gasteiger partial charge in [0.15, 0.2) is 0 Å². The standard InChI is InChI=1S/C25H35FN6O2/c1-18-12-19(2)15-31(14-18)25(34)17-30-10-8-29(9-11-30)16-24(33)27-23-13-20(3)28-32(23)22-6-4-21(26)5-7-22/h4-7,13,18-19H,8-12,14-17H2,1-3H3,(H,27,33). The Hall–Kier alpha value is -2.78. The van der Waals surface area contributed by atoms with E-state index < -0.39 is 0 Å². The molecule has 2 fully saturated rings. The smallest absolute Gasteiger partial charge is 0.239 e. The molecule has 2 aliphatic rings. The number of carbonyl (C=O) groups is 2. The summed E-state index contributed by atoms with van der Waals surface area (Å²) in [4.78, 5) is 31.8. The molecule has 0 aliphatic carbocycles. The number of halogens is 1. The number of aryl methyl sites for hydroxylation is 1. The van der Waals surface area contributed by atoms with E-state index in [2.05, 4.69) is 34.1 Å². The second-order valence-electron chi connectivity index (χ2n) is 9.90. The van der Waals surface area contributed by atoms with Gasteiger partial charge in [-0.25, -0.2) is 9.07 Å². The van der Waals surface area contributed by atoms with Crippen LogP contribution >= 0.6 is 0 Å². The van der Waals surface area contributed by atoms with Crippen LogP contribution in [-0.4, -0.2) is 88.7 Å². The number of amides is 2. The highest BCUT2D eigenvalue weighted by atomic mass is 19.1. The molecule has 2 aromatic rings. The van der Waals surface area contributed by atoms with Crippen LogP contribution in [-0.2, 0) is 9.59 Å². The maximum atomic E-state index is 13.3. The molecule has 1 N–H and O–H groups in total. The summed E-state index contributed by atoms with van der Waals surface area (Å²) in [7, 11) is 0. The van der Waals surface area contributed by atoms with Crippen molar-refractivity contribution in [1.29, 1.82) is 0 Å². The van der Waals surface area contributed by atoms with Crippen LogP contribution in [0.2, 0.25) is 0 Å². The summed E-state index contributed by atoms with van der Waals surface area (Å²) < 4.78 is 14.9. The van der Waals surface area contributed by atoms with Crippen molar-refractivity contribution < 1.29 is 14.0 Å². The van der Waals surface area contributed by atoms with E-state index in [1.54, 1.807) is 22.9 Å². The highest BCUT2D eigenvalue weighted by molar-refractivity contribution is 5.91. The molecule has 2 unspecified atom stereocenters. The molecule has 184 valence electrons. The number of hydrogen-bond donors (Lipinski definition) is 1. The Balaban J connectivity index is 1.25. The molecule has 0 radical (unpaired) electrons. The number of hydrogen-bond acceptors (Lipinski definition) is 5. The Morgan fingerprint density at radius 3 is 2.21 bits per heavy atom. The van der Waals surface area contributed by atoms with Crippen LogP contribution in [0.15, 0.2) is 30.3 Å². The summed E-state index contributed by atoms with van der Waals surface area (Å²) in [6.45, 7) is 11.7. The van der Waals surface area contributed by atoms with Crippen LogP contribution in [0.3, 0.4) is 0 Å². The summed E-state index contributed by atoms with van der Waals surface area (Å²) in [5.74, 6) is 1.46. The van der Waals surface area contributed by atoms with Gasteiger partial charge >= 0.3 is 0 Å². The number of piperazine rings is 1. The molecule has 3 heterocycles. The van der Waals surface area contributed by atoms with Gasteiger partial charge in [0.25, 0.3) is 0 Å². The van der Waals surface area contributed by atoms with Crippen molar-refractivity contribution in [2.24, 2.45) is 11.8 Å². The van der Waals surface area contributed by atoms with E-state index in [1.165, 1.54) is 18.6 Å². The van der Waals surface area contributed by atoms with E-state index in [-0.39, 0.29) is 24.2 Å². The molecule has 1 aromatic carbocycles. The molecule has 0 bridgehead atoms. The molecule has 8 nitrogen and oxygen atoms in total. The summed E-state index contributed by atoms with van der Waals surface area (Å²) in [5.41, 5.74) is 1.44. The molecule has 2 aliphatic heterocycles. The molecular formula is C25H35FN6O2. The highest BCUT2D eigenvalue weighted by Crippen LogP contribution is 2.21. The topological polar surface area (TPSA) is 73.7 Å². The number of benzene rings is 1. The van der Waals surface area contributed by atoms with Crippen LogP contribution < -0.4 is 5.32 Å². The second-order valence-corrected chi connectivity index (χ2v) is 9.90. The van der Waals surface area contributed by atoms with Crippen molar-refractivity contribution >= 4 is 17.6 Å². The Morgan fingerprint density at radius 2 is 1.59 bits per heavy atom.